The number of aromatic nitrogens is 1. The van der Waals surface area contributed by atoms with E-state index in [4.69, 9.17) is 9.47 Å². The number of carbonyl (C=O) groups is 2. The zero-order valence-corrected chi connectivity index (χ0v) is 16.3. The average Bonchev–Trinajstić information content (AvgIpc) is 3.50. The van der Waals surface area contributed by atoms with Gasteiger partial charge >= 0.3 is 0 Å². The van der Waals surface area contributed by atoms with Crippen LogP contribution in [-0.4, -0.2) is 34.1 Å². The summed E-state index contributed by atoms with van der Waals surface area (Å²) in [4.78, 5) is 27.0. The Morgan fingerprint density at radius 3 is 2.60 bits per heavy atom. The Labute approximate surface area is 173 Å². The van der Waals surface area contributed by atoms with Crippen molar-refractivity contribution < 1.29 is 19.1 Å². The molecule has 152 valence electrons. The molecule has 2 aromatic carbocycles. The third-order valence-electron chi connectivity index (χ3n) is 5.46. The Morgan fingerprint density at radius 1 is 1.03 bits per heavy atom. The highest BCUT2D eigenvalue weighted by atomic mass is 16.7. The molecule has 3 heterocycles. The van der Waals surface area contributed by atoms with Crippen molar-refractivity contribution in [3.8, 4) is 17.2 Å². The maximum atomic E-state index is 12.9. The fourth-order valence-corrected chi connectivity index (χ4v) is 3.89. The van der Waals surface area contributed by atoms with Crippen LogP contribution in [0.15, 0.2) is 67.0 Å². The smallest absolute Gasteiger partial charge is 0.247 e. The van der Waals surface area contributed by atoms with Crippen LogP contribution in [0.4, 0.5) is 5.69 Å². The maximum absolute atomic E-state index is 12.9. The second kappa shape index (κ2) is 7.59. The lowest BCUT2D eigenvalue weighted by Gasteiger charge is -2.24. The van der Waals surface area contributed by atoms with Crippen LogP contribution in [0.5, 0.6) is 11.5 Å². The Bertz CT molecular complexity index is 1080. The molecule has 5 rings (SSSR count). The van der Waals surface area contributed by atoms with Gasteiger partial charge in [-0.3, -0.25) is 9.59 Å². The van der Waals surface area contributed by atoms with Crippen molar-refractivity contribution in [3.05, 3.63) is 72.6 Å². The molecule has 1 atom stereocenters. The van der Waals surface area contributed by atoms with E-state index in [1.165, 1.54) is 0 Å². The number of hydrogen-bond acceptors (Lipinski definition) is 4. The number of fused-ring (bicyclic) bond motifs is 1. The van der Waals surface area contributed by atoms with Crippen LogP contribution in [0.3, 0.4) is 0 Å². The number of nitrogens with zero attached hydrogens (tertiary/aromatic N) is 2. The lowest BCUT2D eigenvalue weighted by molar-refractivity contribution is -0.133. The molecule has 1 unspecified atom stereocenters. The van der Waals surface area contributed by atoms with Crippen LogP contribution in [0.25, 0.3) is 5.69 Å². The molecule has 30 heavy (non-hydrogen) atoms. The summed E-state index contributed by atoms with van der Waals surface area (Å²) in [6.07, 6.45) is 4.81. The minimum atomic E-state index is -0.493. The van der Waals surface area contributed by atoms with Gasteiger partial charge in [0.2, 0.25) is 18.6 Å². The normalized spacial score (nSPS) is 17.4. The van der Waals surface area contributed by atoms with Gasteiger partial charge in [-0.1, -0.05) is 6.07 Å². The zero-order valence-electron chi connectivity index (χ0n) is 16.3. The van der Waals surface area contributed by atoms with E-state index in [0.29, 0.717) is 36.6 Å². The van der Waals surface area contributed by atoms with Crippen LogP contribution in [0.1, 0.15) is 18.4 Å². The summed E-state index contributed by atoms with van der Waals surface area (Å²) in [5, 5.41) is 2.95. The summed E-state index contributed by atoms with van der Waals surface area (Å²) in [6.45, 7) is 0.565. The average molecular weight is 403 g/mol. The first kappa shape index (κ1) is 18.3. The molecule has 0 spiro atoms. The van der Waals surface area contributed by atoms with E-state index in [9.17, 15) is 9.59 Å². The molecular weight excluding hydrogens is 382 g/mol. The first-order valence-electron chi connectivity index (χ1n) is 9.90. The molecule has 2 aliphatic heterocycles. The Hall–Kier alpha value is -3.74. The van der Waals surface area contributed by atoms with Crippen LogP contribution < -0.4 is 14.8 Å². The predicted octanol–water partition coefficient (Wildman–Crippen LogP) is 3.34. The van der Waals surface area contributed by atoms with Gasteiger partial charge < -0.3 is 24.3 Å². The fourth-order valence-electron chi connectivity index (χ4n) is 3.89. The molecule has 0 aliphatic carbocycles. The van der Waals surface area contributed by atoms with Crippen molar-refractivity contribution in [2.45, 2.75) is 25.4 Å². The van der Waals surface area contributed by atoms with Crippen molar-refractivity contribution in [2.75, 3.05) is 12.1 Å². The van der Waals surface area contributed by atoms with Gasteiger partial charge in [0.15, 0.2) is 11.5 Å². The summed E-state index contributed by atoms with van der Waals surface area (Å²) in [7, 11) is 0. The summed E-state index contributed by atoms with van der Waals surface area (Å²) in [5.74, 6) is 1.18. The highest BCUT2D eigenvalue weighted by Gasteiger charge is 2.36. The van der Waals surface area contributed by atoms with E-state index in [-0.39, 0.29) is 18.6 Å². The Kier molecular flexibility index (Phi) is 4.63. The zero-order chi connectivity index (χ0) is 20.5. The monoisotopic (exact) mass is 403 g/mol. The highest BCUT2D eigenvalue weighted by Crippen LogP contribution is 2.33. The molecule has 0 radical (unpaired) electrons. The topological polar surface area (TPSA) is 72.8 Å². The SMILES string of the molecule is O=C(Nc1ccc(-n2cccc2)cc1)C1CCC(=O)N1Cc1ccc2c(c1)OCO2. The molecule has 7 nitrogen and oxygen atoms in total. The molecule has 2 aliphatic rings. The summed E-state index contributed by atoms with van der Waals surface area (Å²) < 4.78 is 12.7. The van der Waals surface area contributed by atoms with Gasteiger partial charge in [-0.25, -0.2) is 0 Å². The quantitative estimate of drug-likeness (QED) is 0.709. The number of benzene rings is 2. The van der Waals surface area contributed by atoms with E-state index in [2.05, 4.69) is 5.32 Å². The lowest BCUT2D eigenvalue weighted by Crippen LogP contribution is -2.41. The van der Waals surface area contributed by atoms with Gasteiger partial charge in [-0.05, 0) is 60.5 Å². The van der Waals surface area contributed by atoms with Crippen molar-refractivity contribution in [1.82, 2.24) is 9.47 Å². The first-order chi connectivity index (χ1) is 14.7. The van der Waals surface area contributed by atoms with Crippen LogP contribution in [-0.2, 0) is 16.1 Å². The third-order valence-corrected chi connectivity index (χ3v) is 5.46. The molecule has 1 fully saturated rings. The number of amides is 2. The van der Waals surface area contributed by atoms with Crippen LogP contribution in [0, 0.1) is 0 Å². The molecule has 0 saturated carbocycles. The van der Waals surface area contributed by atoms with E-state index in [1.807, 2.05) is 71.6 Å². The standard InChI is InChI=1S/C23H21N3O4/c27-22-10-8-19(26(22)14-16-3-9-20-21(13-16)30-15-29-20)23(28)24-17-4-6-18(7-5-17)25-11-1-2-12-25/h1-7,9,11-13,19H,8,10,14-15H2,(H,24,28). The fraction of sp³-hybridized carbons (Fsp3) is 0.217. The van der Waals surface area contributed by atoms with E-state index < -0.39 is 6.04 Å². The van der Waals surface area contributed by atoms with Crippen LogP contribution >= 0.6 is 0 Å². The summed E-state index contributed by atoms with van der Waals surface area (Å²) in [6, 6.07) is 16.6. The predicted molar refractivity (Wildman–Crippen MR) is 111 cm³/mol. The van der Waals surface area contributed by atoms with Crippen molar-refractivity contribution in [3.63, 3.8) is 0 Å². The molecule has 1 aromatic heterocycles. The number of carbonyl (C=O) groups excluding carboxylic acids is 2. The second-order valence-electron chi connectivity index (χ2n) is 7.39. The first-order valence-corrected chi connectivity index (χ1v) is 9.90. The molecule has 1 N–H and O–H groups in total. The van der Waals surface area contributed by atoms with Gasteiger partial charge in [0.1, 0.15) is 6.04 Å². The maximum Gasteiger partial charge on any atom is 0.247 e. The van der Waals surface area contributed by atoms with E-state index in [1.54, 1.807) is 4.90 Å². The minimum Gasteiger partial charge on any atom is -0.454 e. The van der Waals surface area contributed by atoms with Gasteiger partial charge in [0.25, 0.3) is 0 Å². The van der Waals surface area contributed by atoms with Crippen molar-refractivity contribution in [2.24, 2.45) is 0 Å². The largest absolute Gasteiger partial charge is 0.454 e. The lowest BCUT2D eigenvalue weighted by atomic mass is 10.1. The third kappa shape index (κ3) is 3.50. The summed E-state index contributed by atoms with van der Waals surface area (Å²) in [5.41, 5.74) is 2.63. The number of ether oxygens (including phenoxy) is 2. The molecule has 2 amide bonds. The molecule has 7 heteroatoms. The molecule has 0 bridgehead atoms. The minimum absolute atomic E-state index is 0.0178. The Balaban J connectivity index is 1.28. The Morgan fingerprint density at radius 2 is 1.80 bits per heavy atom. The number of rotatable bonds is 5. The highest BCUT2D eigenvalue weighted by molar-refractivity contribution is 5.99. The summed E-state index contributed by atoms with van der Waals surface area (Å²) >= 11 is 0. The van der Waals surface area contributed by atoms with Crippen molar-refractivity contribution in [1.29, 1.82) is 0 Å². The van der Waals surface area contributed by atoms with E-state index >= 15 is 0 Å². The number of hydrogen-bond donors (Lipinski definition) is 1. The van der Waals surface area contributed by atoms with Crippen molar-refractivity contribution >= 4 is 17.5 Å². The van der Waals surface area contributed by atoms with Gasteiger partial charge in [-0.15, -0.1) is 0 Å². The second-order valence-corrected chi connectivity index (χ2v) is 7.39. The molecule has 3 aromatic rings. The van der Waals surface area contributed by atoms with Gasteiger partial charge in [-0.2, -0.15) is 0 Å². The number of likely N-dealkylation sites (tertiary alicyclic amines) is 1. The van der Waals surface area contributed by atoms with Gasteiger partial charge in [0.05, 0.1) is 0 Å². The number of anilines is 1. The van der Waals surface area contributed by atoms with Gasteiger partial charge in [0, 0.05) is 36.7 Å². The van der Waals surface area contributed by atoms with Crippen LogP contribution in [0.2, 0.25) is 0 Å². The molecule has 1 saturated heterocycles. The number of nitrogens with one attached hydrogen (secondary N) is 1. The molecular formula is C23H21N3O4. The van der Waals surface area contributed by atoms with E-state index in [0.717, 1.165) is 11.3 Å².